The summed E-state index contributed by atoms with van der Waals surface area (Å²) in [6.07, 6.45) is 1.83. The zero-order chi connectivity index (χ0) is 16.2. The fraction of sp³-hybridized carbons (Fsp3) is 0.222. The quantitative estimate of drug-likeness (QED) is 0.760. The van der Waals surface area contributed by atoms with Crippen molar-refractivity contribution in [3.8, 4) is 0 Å². The van der Waals surface area contributed by atoms with E-state index in [2.05, 4.69) is 17.2 Å². The molecule has 0 atom stereocenters. The maximum atomic E-state index is 12.4. The Balaban J connectivity index is 1.85. The SMILES string of the molecule is CCCc1nc2ccccc2n1CC(=O)Nc1cccc(Cl)c1. The van der Waals surface area contributed by atoms with Crippen LogP contribution in [0.5, 0.6) is 0 Å². The molecule has 0 radical (unpaired) electrons. The maximum absolute atomic E-state index is 12.4. The van der Waals surface area contributed by atoms with Crippen LogP contribution in [0.4, 0.5) is 5.69 Å². The Morgan fingerprint density at radius 2 is 2.04 bits per heavy atom. The molecule has 3 rings (SSSR count). The zero-order valence-electron chi connectivity index (χ0n) is 12.9. The molecule has 23 heavy (non-hydrogen) atoms. The summed E-state index contributed by atoms with van der Waals surface area (Å²) in [7, 11) is 0. The van der Waals surface area contributed by atoms with Gasteiger partial charge < -0.3 is 9.88 Å². The Morgan fingerprint density at radius 3 is 2.83 bits per heavy atom. The van der Waals surface area contributed by atoms with Crippen LogP contribution in [0, 0.1) is 0 Å². The molecule has 1 N–H and O–H groups in total. The number of hydrogen-bond acceptors (Lipinski definition) is 2. The van der Waals surface area contributed by atoms with Crippen LogP contribution in [0.2, 0.25) is 5.02 Å². The molecule has 0 saturated heterocycles. The number of fused-ring (bicyclic) bond motifs is 1. The van der Waals surface area contributed by atoms with Crippen LogP contribution < -0.4 is 5.32 Å². The summed E-state index contributed by atoms with van der Waals surface area (Å²) in [6.45, 7) is 2.35. The Morgan fingerprint density at radius 1 is 1.22 bits per heavy atom. The number of carbonyl (C=O) groups excluding carboxylic acids is 1. The predicted molar refractivity (Wildman–Crippen MR) is 93.8 cm³/mol. The van der Waals surface area contributed by atoms with E-state index < -0.39 is 0 Å². The largest absolute Gasteiger partial charge is 0.324 e. The summed E-state index contributed by atoms with van der Waals surface area (Å²) in [6, 6.07) is 15.0. The summed E-state index contributed by atoms with van der Waals surface area (Å²) in [4.78, 5) is 17.0. The normalized spacial score (nSPS) is 10.9. The first kappa shape index (κ1) is 15.6. The molecule has 118 valence electrons. The number of carbonyl (C=O) groups is 1. The fourth-order valence-electron chi connectivity index (χ4n) is 2.63. The molecule has 0 spiro atoms. The summed E-state index contributed by atoms with van der Waals surface area (Å²) in [5, 5.41) is 3.48. The lowest BCUT2D eigenvalue weighted by Crippen LogP contribution is -2.20. The van der Waals surface area contributed by atoms with Gasteiger partial charge in [-0.15, -0.1) is 0 Å². The van der Waals surface area contributed by atoms with Crippen molar-refractivity contribution in [2.24, 2.45) is 0 Å². The van der Waals surface area contributed by atoms with Crippen LogP contribution in [-0.4, -0.2) is 15.5 Å². The first-order valence-electron chi connectivity index (χ1n) is 7.67. The monoisotopic (exact) mass is 327 g/mol. The second kappa shape index (κ2) is 6.84. The van der Waals surface area contributed by atoms with E-state index in [1.807, 2.05) is 41.0 Å². The summed E-state index contributed by atoms with van der Waals surface area (Å²) >= 11 is 5.95. The third-order valence-electron chi connectivity index (χ3n) is 3.62. The van der Waals surface area contributed by atoms with Gasteiger partial charge in [0.1, 0.15) is 12.4 Å². The second-order valence-electron chi connectivity index (χ2n) is 5.41. The molecule has 4 nitrogen and oxygen atoms in total. The van der Waals surface area contributed by atoms with E-state index in [0.29, 0.717) is 10.7 Å². The van der Waals surface area contributed by atoms with Crippen molar-refractivity contribution in [2.75, 3.05) is 5.32 Å². The lowest BCUT2D eigenvalue weighted by molar-refractivity contribution is -0.116. The highest BCUT2D eigenvalue weighted by atomic mass is 35.5. The minimum Gasteiger partial charge on any atom is -0.324 e. The first-order valence-corrected chi connectivity index (χ1v) is 8.04. The van der Waals surface area contributed by atoms with Gasteiger partial charge in [-0.2, -0.15) is 0 Å². The molecule has 2 aromatic carbocycles. The fourth-order valence-corrected chi connectivity index (χ4v) is 2.82. The number of para-hydroxylation sites is 2. The molecule has 1 amide bonds. The molecule has 0 saturated carbocycles. The average Bonchev–Trinajstić information content (AvgIpc) is 2.85. The number of aromatic nitrogens is 2. The number of nitrogens with one attached hydrogen (secondary N) is 1. The van der Waals surface area contributed by atoms with Crippen LogP contribution in [0.1, 0.15) is 19.2 Å². The lowest BCUT2D eigenvalue weighted by Gasteiger charge is -2.10. The summed E-state index contributed by atoms with van der Waals surface area (Å²) < 4.78 is 1.98. The van der Waals surface area contributed by atoms with Gasteiger partial charge in [0.05, 0.1) is 11.0 Å². The minimum absolute atomic E-state index is 0.0900. The highest BCUT2D eigenvalue weighted by Gasteiger charge is 2.13. The number of rotatable bonds is 5. The third kappa shape index (κ3) is 3.54. The topological polar surface area (TPSA) is 46.9 Å². The van der Waals surface area contributed by atoms with Crippen molar-refractivity contribution in [1.29, 1.82) is 0 Å². The molecule has 0 unspecified atom stereocenters. The predicted octanol–water partition coefficient (Wildman–Crippen LogP) is 4.28. The van der Waals surface area contributed by atoms with Crippen molar-refractivity contribution in [3.63, 3.8) is 0 Å². The Labute approximate surface area is 140 Å². The van der Waals surface area contributed by atoms with Crippen LogP contribution in [-0.2, 0) is 17.8 Å². The molecule has 0 aliphatic carbocycles. The van der Waals surface area contributed by atoms with E-state index in [-0.39, 0.29) is 12.5 Å². The molecule has 0 fully saturated rings. The number of anilines is 1. The first-order chi connectivity index (χ1) is 11.2. The van der Waals surface area contributed by atoms with Crippen molar-refractivity contribution in [1.82, 2.24) is 9.55 Å². The van der Waals surface area contributed by atoms with Gasteiger partial charge in [-0.1, -0.05) is 36.7 Å². The zero-order valence-corrected chi connectivity index (χ0v) is 13.7. The minimum atomic E-state index is -0.0900. The summed E-state index contributed by atoms with van der Waals surface area (Å²) in [5.41, 5.74) is 2.60. The Bertz CT molecular complexity index is 841. The van der Waals surface area contributed by atoms with E-state index >= 15 is 0 Å². The second-order valence-corrected chi connectivity index (χ2v) is 5.85. The number of benzene rings is 2. The number of amides is 1. The maximum Gasteiger partial charge on any atom is 0.244 e. The summed E-state index contributed by atoms with van der Waals surface area (Å²) in [5.74, 6) is 0.850. The number of aryl methyl sites for hydroxylation is 1. The van der Waals surface area contributed by atoms with Crippen molar-refractivity contribution in [3.05, 3.63) is 59.4 Å². The van der Waals surface area contributed by atoms with Crippen LogP contribution in [0.25, 0.3) is 11.0 Å². The van der Waals surface area contributed by atoms with Gasteiger partial charge in [-0.05, 0) is 36.8 Å². The molecule has 0 aliphatic rings. The van der Waals surface area contributed by atoms with Crippen molar-refractivity contribution >= 4 is 34.2 Å². The van der Waals surface area contributed by atoms with Crippen LogP contribution in [0.15, 0.2) is 48.5 Å². The molecule has 1 heterocycles. The molecule has 1 aromatic heterocycles. The van der Waals surface area contributed by atoms with Gasteiger partial charge in [-0.25, -0.2) is 4.98 Å². The average molecular weight is 328 g/mol. The van der Waals surface area contributed by atoms with Gasteiger partial charge >= 0.3 is 0 Å². The van der Waals surface area contributed by atoms with E-state index in [4.69, 9.17) is 11.6 Å². The Hall–Kier alpha value is -2.33. The number of halogens is 1. The van der Waals surface area contributed by atoms with Crippen molar-refractivity contribution < 1.29 is 4.79 Å². The smallest absolute Gasteiger partial charge is 0.244 e. The highest BCUT2D eigenvalue weighted by Crippen LogP contribution is 2.18. The van der Waals surface area contributed by atoms with Crippen molar-refractivity contribution in [2.45, 2.75) is 26.3 Å². The van der Waals surface area contributed by atoms with E-state index in [1.54, 1.807) is 12.1 Å². The van der Waals surface area contributed by atoms with E-state index in [0.717, 1.165) is 29.7 Å². The molecule has 3 aromatic rings. The molecule has 0 aliphatic heterocycles. The molecular formula is C18H18ClN3O. The number of nitrogens with zero attached hydrogens (tertiary/aromatic N) is 2. The lowest BCUT2D eigenvalue weighted by atomic mass is 10.3. The van der Waals surface area contributed by atoms with Crippen LogP contribution in [0.3, 0.4) is 0 Å². The Kier molecular flexibility index (Phi) is 4.63. The van der Waals surface area contributed by atoms with Gasteiger partial charge in [0, 0.05) is 17.1 Å². The van der Waals surface area contributed by atoms with Gasteiger partial charge in [0.2, 0.25) is 5.91 Å². The van der Waals surface area contributed by atoms with Crippen LogP contribution >= 0.6 is 11.6 Å². The number of imidazole rings is 1. The van der Waals surface area contributed by atoms with Gasteiger partial charge in [-0.3, -0.25) is 4.79 Å². The highest BCUT2D eigenvalue weighted by molar-refractivity contribution is 6.30. The molecule has 5 heteroatoms. The molecule has 0 bridgehead atoms. The van der Waals surface area contributed by atoms with E-state index in [1.165, 1.54) is 0 Å². The molecular weight excluding hydrogens is 310 g/mol. The van der Waals surface area contributed by atoms with Gasteiger partial charge in [0.15, 0.2) is 0 Å². The number of hydrogen-bond donors (Lipinski definition) is 1. The third-order valence-corrected chi connectivity index (χ3v) is 3.85. The van der Waals surface area contributed by atoms with Gasteiger partial charge in [0.25, 0.3) is 0 Å². The van der Waals surface area contributed by atoms with E-state index in [9.17, 15) is 4.79 Å². The standard InChI is InChI=1S/C18H18ClN3O/c1-2-6-17-21-15-9-3-4-10-16(15)22(17)12-18(23)20-14-8-5-7-13(19)11-14/h3-5,7-11H,2,6,12H2,1H3,(H,20,23).